The minimum atomic E-state index is 0.710. The molecule has 12 heavy (non-hydrogen) atoms. The number of benzene rings is 1. The number of nitrogens with zero attached hydrogens (tertiary/aromatic N) is 1. The molecule has 0 atom stereocenters. The van der Waals surface area contributed by atoms with Gasteiger partial charge in [0.15, 0.2) is 0 Å². The molecule has 1 aromatic carbocycles. The fourth-order valence-corrected chi connectivity index (χ4v) is 1.26. The van der Waals surface area contributed by atoms with Gasteiger partial charge in [0.1, 0.15) is 0 Å². The first kappa shape index (κ1) is 9.07. The van der Waals surface area contributed by atoms with Gasteiger partial charge in [-0.05, 0) is 29.7 Å². The molecular formula is C9H10ClNO. The van der Waals surface area contributed by atoms with Gasteiger partial charge in [0.05, 0.1) is 6.21 Å². The predicted octanol–water partition coefficient (Wildman–Crippen LogP) is 2.71. The second kappa shape index (κ2) is 4.12. The van der Waals surface area contributed by atoms with E-state index in [1.165, 1.54) is 6.21 Å². The number of hydrogen-bond donors (Lipinski definition) is 1. The quantitative estimate of drug-likeness (QED) is 0.427. The molecule has 0 saturated carbocycles. The van der Waals surface area contributed by atoms with Gasteiger partial charge in [-0.3, -0.25) is 0 Å². The summed E-state index contributed by atoms with van der Waals surface area (Å²) in [5.74, 6) is 0. The second-order valence-electron chi connectivity index (χ2n) is 2.44. The van der Waals surface area contributed by atoms with E-state index in [0.29, 0.717) is 5.02 Å². The molecule has 0 saturated heterocycles. The van der Waals surface area contributed by atoms with Crippen molar-refractivity contribution in [2.45, 2.75) is 13.3 Å². The lowest BCUT2D eigenvalue weighted by molar-refractivity contribution is 0.322. The predicted molar refractivity (Wildman–Crippen MR) is 50.2 cm³/mol. The monoisotopic (exact) mass is 183 g/mol. The van der Waals surface area contributed by atoms with E-state index in [1.54, 1.807) is 6.07 Å². The standard InChI is InChI=1S/C9H10ClNO/c1-2-7-5-9(10)4-3-8(7)6-11-12/h3-6,12H,2H2,1H3/b11-6+. The highest BCUT2D eigenvalue weighted by Crippen LogP contribution is 2.15. The number of aryl methyl sites for hydroxylation is 1. The highest BCUT2D eigenvalue weighted by Gasteiger charge is 1.98. The van der Waals surface area contributed by atoms with Crippen LogP contribution in [0.5, 0.6) is 0 Å². The lowest BCUT2D eigenvalue weighted by Crippen LogP contribution is -1.90. The summed E-state index contributed by atoms with van der Waals surface area (Å²) in [5.41, 5.74) is 1.99. The van der Waals surface area contributed by atoms with Crippen LogP contribution in [0.25, 0.3) is 0 Å². The zero-order valence-corrected chi connectivity index (χ0v) is 7.54. The zero-order chi connectivity index (χ0) is 8.97. The van der Waals surface area contributed by atoms with E-state index < -0.39 is 0 Å². The van der Waals surface area contributed by atoms with Crippen molar-refractivity contribution < 1.29 is 5.21 Å². The molecule has 1 rings (SSSR count). The van der Waals surface area contributed by atoms with Gasteiger partial charge in [-0.15, -0.1) is 0 Å². The van der Waals surface area contributed by atoms with Crippen molar-refractivity contribution in [3.8, 4) is 0 Å². The lowest BCUT2D eigenvalue weighted by Gasteiger charge is -2.01. The molecule has 0 fully saturated rings. The van der Waals surface area contributed by atoms with E-state index >= 15 is 0 Å². The first-order valence-electron chi connectivity index (χ1n) is 3.73. The highest BCUT2D eigenvalue weighted by molar-refractivity contribution is 6.30. The van der Waals surface area contributed by atoms with Crippen LogP contribution in [0.15, 0.2) is 23.4 Å². The van der Waals surface area contributed by atoms with Crippen LogP contribution in [0.4, 0.5) is 0 Å². The third-order valence-corrected chi connectivity index (χ3v) is 1.92. The summed E-state index contributed by atoms with van der Waals surface area (Å²) in [4.78, 5) is 0. The summed E-state index contributed by atoms with van der Waals surface area (Å²) in [5, 5.41) is 12.0. The largest absolute Gasteiger partial charge is 0.411 e. The third kappa shape index (κ3) is 1.98. The molecule has 0 aliphatic carbocycles. The van der Waals surface area contributed by atoms with Crippen LogP contribution in [0.3, 0.4) is 0 Å². The van der Waals surface area contributed by atoms with Crippen LogP contribution < -0.4 is 0 Å². The van der Waals surface area contributed by atoms with E-state index in [9.17, 15) is 0 Å². The summed E-state index contributed by atoms with van der Waals surface area (Å²) in [6, 6.07) is 5.48. The molecule has 0 amide bonds. The number of oxime groups is 1. The number of rotatable bonds is 2. The molecule has 1 aromatic rings. The van der Waals surface area contributed by atoms with Gasteiger partial charge in [-0.1, -0.05) is 29.7 Å². The van der Waals surface area contributed by atoms with Gasteiger partial charge in [0, 0.05) is 5.02 Å². The van der Waals surface area contributed by atoms with E-state index in [1.807, 2.05) is 19.1 Å². The van der Waals surface area contributed by atoms with Crippen LogP contribution in [-0.4, -0.2) is 11.4 Å². The average molecular weight is 184 g/mol. The van der Waals surface area contributed by atoms with Gasteiger partial charge in [0.2, 0.25) is 0 Å². The summed E-state index contributed by atoms with van der Waals surface area (Å²) in [6.07, 6.45) is 2.29. The Morgan fingerprint density at radius 3 is 2.92 bits per heavy atom. The average Bonchev–Trinajstić information content (AvgIpc) is 2.08. The van der Waals surface area contributed by atoms with Crippen molar-refractivity contribution in [2.24, 2.45) is 5.16 Å². The third-order valence-electron chi connectivity index (χ3n) is 1.68. The molecule has 0 aliphatic heterocycles. The number of hydrogen-bond acceptors (Lipinski definition) is 2. The van der Waals surface area contributed by atoms with Crippen LogP contribution in [0.2, 0.25) is 5.02 Å². The minimum Gasteiger partial charge on any atom is -0.411 e. The Morgan fingerprint density at radius 1 is 1.58 bits per heavy atom. The topological polar surface area (TPSA) is 32.6 Å². The Hall–Kier alpha value is -1.02. The molecule has 0 heterocycles. The molecule has 64 valence electrons. The van der Waals surface area contributed by atoms with Gasteiger partial charge in [0.25, 0.3) is 0 Å². The molecule has 0 radical (unpaired) electrons. The Balaban J connectivity index is 3.10. The van der Waals surface area contributed by atoms with Gasteiger partial charge < -0.3 is 5.21 Å². The van der Waals surface area contributed by atoms with Crippen LogP contribution in [0.1, 0.15) is 18.1 Å². The summed E-state index contributed by atoms with van der Waals surface area (Å²) >= 11 is 5.79. The van der Waals surface area contributed by atoms with E-state index in [0.717, 1.165) is 17.5 Å². The van der Waals surface area contributed by atoms with E-state index in [-0.39, 0.29) is 0 Å². The van der Waals surface area contributed by atoms with Crippen molar-refractivity contribution in [1.29, 1.82) is 0 Å². The second-order valence-corrected chi connectivity index (χ2v) is 2.88. The van der Waals surface area contributed by atoms with Gasteiger partial charge in [-0.2, -0.15) is 0 Å². The first-order chi connectivity index (χ1) is 5.77. The number of halogens is 1. The molecule has 0 spiro atoms. The Bertz CT molecular complexity index is 297. The minimum absolute atomic E-state index is 0.710. The fraction of sp³-hybridized carbons (Fsp3) is 0.222. The Labute approximate surface area is 76.5 Å². The van der Waals surface area contributed by atoms with Crippen LogP contribution >= 0.6 is 11.6 Å². The molecule has 0 aliphatic rings. The summed E-state index contributed by atoms with van der Waals surface area (Å²) < 4.78 is 0. The smallest absolute Gasteiger partial charge is 0.0736 e. The van der Waals surface area contributed by atoms with Crippen molar-refractivity contribution in [1.82, 2.24) is 0 Å². The van der Waals surface area contributed by atoms with E-state index in [2.05, 4.69) is 5.16 Å². The van der Waals surface area contributed by atoms with Crippen molar-refractivity contribution in [3.63, 3.8) is 0 Å². The van der Waals surface area contributed by atoms with Gasteiger partial charge >= 0.3 is 0 Å². The molecule has 0 aromatic heterocycles. The van der Waals surface area contributed by atoms with Crippen molar-refractivity contribution in [3.05, 3.63) is 34.3 Å². The van der Waals surface area contributed by atoms with Crippen LogP contribution in [-0.2, 0) is 6.42 Å². The molecular weight excluding hydrogens is 174 g/mol. The van der Waals surface area contributed by atoms with Gasteiger partial charge in [-0.25, -0.2) is 0 Å². The molecule has 0 bridgehead atoms. The molecule has 3 heteroatoms. The zero-order valence-electron chi connectivity index (χ0n) is 6.79. The first-order valence-corrected chi connectivity index (χ1v) is 4.11. The Morgan fingerprint density at radius 2 is 2.33 bits per heavy atom. The normalized spacial score (nSPS) is 10.8. The molecule has 1 N–H and O–H groups in total. The SMILES string of the molecule is CCc1cc(Cl)ccc1/C=N/O. The van der Waals surface area contributed by atoms with Crippen molar-refractivity contribution in [2.75, 3.05) is 0 Å². The lowest BCUT2D eigenvalue weighted by atomic mass is 10.1. The summed E-state index contributed by atoms with van der Waals surface area (Å²) in [7, 11) is 0. The highest BCUT2D eigenvalue weighted by atomic mass is 35.5. The summed E-state index contributed by atoms with van der Waals surface area (Å²) in [6.45, 7) is 2.03. The van der Waals surface area contributed by atoms with Crippen LogP contribution in [0, 0.1) is 0 Å². The van der Waals surface area contributed by atoms with E-state index in [4.69, 9.17) is 16.8 Å². The fourth-order valence-electron chi connectivity index (χ4n) is 1.07. The maximum Gasteiger partial charge on any atom is 0.0736 e. The maximum absolute atomic E-state index is 8.35. The molecule has 0 unspecified atom stereocenters. The molecule has 2 nitrogen and oxygen atoms in total. The Kier molecular flexibility index (Phi) is 3.11. The maximum atomic E-state index is 8.35. The van der Waals surface area contributed by atoms with Crippen molar-refractivity contribution >= 4 is 17.8 Å².